The third-order valence-corrected chi connectivity index (χ3v) is 5.47. The molecule has 8 nitrogen and oxygen atoms in total. The summed E-state index contributed by atoms with van der Waals surface area (Å²) in [5.74, 6) is 0.0404. The molecule has 29 heavy (non-hydrogen) atoms. The zero-order valence-corrected chi connectivity index (χ0v) is 16.0. The maximum atomic E-state index is 12.5. The quantitative estimate of drug-likeness (QED) is 0.364. The number of aryl methyl sites for hydroxylation is 1. The van der Waals surface area contributed by atoms with Crippen molar-refractivity contribution in [2.24, 2.45) is 0 Å². The minimum absolute atomic E-state index is 0.0139. The van der Waals surface area contributed by atoms with Gasteiger partial charge in [0.05, 0.1) is 12.0 Å². The maximum absolute atomic E-state index is 12.5. The van der Waals surface area contributed by atoms with Crippen LogP contribution >= 0.6 is 11.6 Å². The Morgan fingerprint density at radius 3 is 2.55 bits per heavy atom. The third kappa shape index (κ3) is 3.28. The molecular formula is C20H19ClO8. The van der Waals surface area contributed by atoms with Crippen molar-refractivity contribution in [3.05, 3.63) is 51.3 Å². The van der Waals surface area contributed by atoms with Crippen LogP contribution in [0.5, 0.6) is 5.75 Å². The highest BCUT2D eigenvalue weighted by atomic mass is 35.5. The van der Waals surface area contributed by atoms with Crippen molar-refractivity contribution in [2.45, 2.75) is 37.6 Å². The summed E-state index contributed by atoms with van der Waals surface area (Å²) in [5, 5.41) is 40.9. The fraction of sp³-hybridized carbons (Fsp3) is 0.350. The SMILES string of the molecule is Cc1cccc2c1c(=O)oc1c(Cl)c(O[C@@H]3O[C@H](CO)[C@@H](O)[C@H](O)[C@H]3O)ccc12. The van der Waals surface area contributed by atoms with Gasteiger partial charge in [0.15, 0.2) is 5.58 Å². The predicted molar refractivity (Wildman–Crippen MR) is 104 cm³/mol. The maximum Gasteiger partial charge on any atom is 0.344 e. The van der Waals surface area contributed by atoms with Crippen molar-refractivity contribution < 1.29 is 34.3 Å². The lowest BCUT2D eigenvalue weighted by Crippen LogP contribution is -2.60. The Morgan fingerprint density at radius 1 is 1.07 bits per heavy atom. The van der Waals surface area contributed by atoms with Crippen molar-refractivity contribution in [2.75, 3.05) is 6.61 Å². The average molecular weight is 423 g/mol. The molecular weight excluding hydrogens is 404 g/mol. The molecule has 9 heteroatoms. The number of rotatable bonds is 3. The van der Waals surface area contributed by atoms with Gasteiger partial charge in [0.25, 0.3) is 0 Å². The zero-order chi connectivity index (χ0) is 20.9. The van der Waals surface area contributed by atoms with Gasteiger partial charge in [-0.05, 0) is 24.6 Å². The largest absolute Gasteiger partial charge is 0.460 e. The normalized spacial score (nSPS) is 27.4. The molecule has 0 radical (unpaired) electrons. The summed E-state index contributed by atoms with van der Waals surface area (Å²) in [6.07, 6.45) is -7.22. The third-order valence-electron chi connectivity index (χ3n) is 5.12. The van der Waals surface area contributed by atoms with Gasteiger partial charge < -0.3 is 34.3 Å². The highest BCUT2D eigenvalue weighted by Crippen LogP contribution is 2.37. The van der Waals surface area contributed by atoms with E-state index in [1.165, 1.54) is 6.07 Å². The first-order valence-electron chi connectivity index (χ1n) is 8.95. The molecule has 0 saturated carbocycles. The van der Waals surface area contributed by atoms with Crippen molar-refractivity contribution in [1.29, 1.82) is 0 Å². The molecule has 0 spiro atoms. The van der Waals surface area contributed by atoms with Gasteiger partial charge in [-0.1, -0.05) is 29.8 Å². The molecule has 154 valence electrons. The second-order valence-corrected chi connectivity index (χ2v) is 7.33. The molecule has 5 atom stereocenters. The number of benzene rings is 2. The van der Waals surface area contributed by atoms with Crippen molar-refractivity contribution in [3.8, 4) is 5.75 Å². The molecule has 0 aliphatic carbocycles. The van der Waals surface area contributed by atoms with E-state index in [4.69, 9.17) is 25.5 Å². The van der Waals surface area contributed by atoms with Crippen LogP contribution in [0.25, 0.3) is 21.7 Å². The highest BCUT2D eigenvalue weighted by Gasteiger charge is 2.45. The Hall–Kier alpha value is -2.20. The van der Waals surface area contributed by atoms with Crippen molar-refractivity contribution in [3.63, 3.8) is 0 Å². The smallest absolute Gasteiger partial charge is 0.344 e. The number of fused-ring (bicyclic) bond motifs is 3. The Bertz CT molecular complexity index is 1120. The van der Waals surface area contributed by atoms with E-state index in [0.29, 0.717) is 16.2 Å². The van der Waals surface area contributed by atoms with Crippen LogP contribution in [0.4, 0.5) is 0 Å². The van der Waals surface area contributed by atoms with E-state index in [2.05, 4.69) is 0 Å². The molecule has 1 saturated heterocycles. The van der Waals surface area contributed by atoms with Crippen LogP contribution in [0.15, 0.2) is 39.5 Å². The van der Waals surface area contributed by atoms with E-state index < -0.39 is 42.9 Å². The molecule has 1 aromatic heterocycles. The van der Waals surface area contributed by atoms with Gasteiger partial charge in [-0.25, -0.2) is 4.79 Å². The molecule has 0 amide bonds. The summed E-state index contributed by atoms with van der Waals surface area (Å²) in [5.41, 5.74) is 0.338. The van der Waals surface area contributed by atoms with E-state index >= 15 is 0 Å². The average Bonchev–Trinajstić information content (AvgIpc) is 2.70. The fourth-order valence-electron chi connectivity index (χ4n) is 3.54. The number of aliphatic hydroxyl groups excluding tert-OH is 4. The van der Waals surface area contributed by atoms with Crippen LogP contribution in [0, 0.1) is 6.92 Å². The first-order chi connectivity index (χ1) is 13.8. The predicted octanol–water partition coefficient (Wildman–Crippen LogP) is 1.09. The van der Waals surface area contributed by atoms with Gasteiger partial charge in [0.2, 0.25) is 6.29 Å². The number of ether oxygens (including phenoxy) is 2. The van der Waals surface area contributed by atoms with E-state index in [0.717, 1.165) is 5.56 Å². The van der Waals surface area contributed by atoms with E-state index in [-0.39, 0.29) is 16.4 Å². The molecule has 3 aromatic rings. The Labute approximate surface area is 169 Å². The molecule has 4 rings (SSSR count). The molecule has 0 bridgehead atoms. The van der Waals surface area contributed by atoms with E-state index in [1.807, 2.05) is 19.1 Å². The Balaban J connectivity index is 1.77. The summed E-state index contributed by atoms with van der Waals surface area (Å²) < 4.78 is 16.3. The summed E-state index contributed by atoms with van der Waals surface area (Å²) in [6.45, 7) is 1.22. The van der Waals surface area contributed by atoms with Gasteiger partial charge in [-0.2, -0.15) is 0 Å². The van der Waals surface area contributed by atoms with Crippen molar-refractivity contribution in [1.82, 2.24) is 0 Å². The van der Waals surface area contributed by atoms with Gasteiger partial charge in [0.1, 0.15) is 35.2 Å². The van der Waals surface area contributed by atoms with Crippen LogP contribution in [-0.2, 0) is 4.74 Å². The summed E-state index contributed by atoms with van der Waals surface area (Å²) in [4.78, 5) is 12.5. The Kier molecular flexibility index (Phi) is 5.24. The molecule has 1 aliphatic rings. The van der Waals surface area contributed by atoms with Gasteiger partial charge in [-0.3, -0.25) is 0 Å². The highest BCUT2D eigenvalue weighted by molar-refractivity contribution is 6.37. The lowest BCUT2D eigenvalue weighted by molar-refractivity contribution is -0.277. The summed E-state index contributed by atoms with van der Waals surface area (Å²) in [6, 6.07) is 8.60. The topological polar surface area (TPSA) is 130 Å². The first kappa shape index (κ1) is 20.1. The van der Waals surface area contributed by atoms with Crippen LogP contribution < -0.4 is 10.4 Å². The molecule has 1 fully saturated rings. The van der Waals surface area contributed by atoms with Gasteiger partial charge in [0, 0.05) is 10.8 Å². The molecule has 2 heterocycles. The number of halogens is 1. The second-order valence-electron chi connectivity index (χ2n) is 6.96. The number of hydrogen-bond donors (Lipinski definition) is 4. The summed E-state index contributed by atoms with van der Waals surface area (Å²) in [7, 11) is 0. The molecule has 1 aliphatic heterocycles. The minimum Gasteiger partial charge on any atom is -0.460 e. The summed E-state index contributed by atoms with van der Waals surface area (Å²) >= 11 is 6.40. The van der Waals surface area contributed by atoms with E-state index in [9.17, 15) is 25.2 Å². The second kappa shape index (κ2) is 7.56. The zero-order valence-electron chi connectivity index (χ0n) is 15.3. The van der Waals surface area contributed by atoms with Crippen LogP contribution in [0.2, 0.25) is 5.02 Å². The Morgan fingerprint density at radius 2 is 1.83 bits per heavy atom. The van der Waals surface area contributed by atoms with Gasteiger partial charge >= 0.3 is 5.63 Å². The molecule has 0 unspecified atom stereocenters. The first-order valence-corrected chi connectivity index (χ1v) is 9.33. The molecule has 2 aromatic carbocycles. The minimum atomic E-state index is -1.59. The van der Waals surface area contributed by atoms with Crippen LogP contribution in [-0.4, -0.2) is 57.7 Å². The van der Waals surface area contributed by atoms with E-state index in [1.54, 1.807) is 12.1 Å². The van der Waals surface area contributed by atoms with Crippen LogP contribution in [0.3, 0.4) is 0 Å². The number of aliphatic hydroxyl groups is 4. The lowest BCUT2D eigenvalue weighted by atomic mass is 9.99. The monoisotopic (exact) mass is 422 g/mol. The van der Waals surface area contributed by atoms with Crippen molar-refractivity contribution >= 4 is 33.3 Å². The van der Waals surface area contributed by atoms with Gasteiger partial charge in [-0.15, -0.1) is 0 Å². The fourth-order valence-corrected chi connectivity index (χ4v) is 3.79. The standard InChI is InChI=1S/C20H19ClO8/c1-8-3-2-4-9-10-5-6-11(14(21)18(10)29-19(26)13(8)9)27-20-17(25)16(24)15(23)12(7-22)28-20/h2-6,12,15-17,20,22-25H,7H2,1H3/t12-,15-,16+,17-,20-/m1/s1. The molecule has 4 N–H and O–H groups in total. The lowest BCUT2D eigenvalue weighted by Gasteiger charge is -2.39. The number of hydrogen-bond acceptors (Lipinski definition) is 8. The van der Waals surface area contributed by atoms with Crippen LogP contribution in [0.1, 0.15) is 5.56 Å².